The zero-order valence-corrected chi connectivity index (χ0v) is 12.4. The maximum atomic E-state index is 5.98. The molecule has 1 rings (SSSR count). The van der Waals surface area contributed by atoms with E-state index in [1.54, 1.807) is 0 Å². The predicted octanol–water partition coefficient (Wildman–Crippen LogP) is 4.49. The third-order valence-electron chi connectivity index (χ3n) is 2.97. The van der Waals surface area contributed by atoms with Gasteiger partial charge >= 0.3 is 0 Å². The summed E-state index contributed by atoms with van der Waals surface area (Å²) in [5.74, 6) is 0.466. The molecule has 1 aromatic rings. The predicted molar refractivity (Wildman–Crippen MR) is 75.4 cm³/mol. The molecule has 18 heavy (non-hydrogen) atoms. The third kappa shape index (κ3) is 5.21. The van der Waals surface area contributed by atoms with Gasteiger partial charge in [0.2, 0.25) is 0 Å². The van der Waals surface area contributed by atoms with Gasteiger partial charge < -0.3 is 4.74 Å². The summed E-state index contributed by atoms with van der Waals surface area (Å²) in [6, 6.07) is 0. The van der Waals surface area contributed by atoms with Crippen LogP contribution in [0.5, 0.6) is 5.88 Å². The van der Waals surface area contributed by atoms with Crippen LogP contribution in [0.3, 0.4) is 0 Å². The van der Waals surface area contributed by atoms with Crippen LogP contribution < -0.4 is 4.74 Å². The smallest absolute Gasteiger partial charge is 0.252 e. The van der Waals surface area contributed by atoms with Crippen molar-refractivity contribution >= 4 is 11.6 Å². The van der Waals surface area contributed by atoms with Gasteiger partial charge in [0.1, 0.15) is 0 Å². The second-order valence-electron chi connectivity index (χ2n) is 4.61. The molecule has 0 saturated carbocycles. The molecule has 0 fully saturated rings. The van der Waals surface area contributed by atoms with E-state index in [1.807, 2.05) is 13.8 Å². The van der Waals surface area contributed by atoms with E-state index in [0.717, 1.165) is 17.8 Å². The summed E-state index contributed by atoms with van der Waals surface area (Å²) in [7, 11) is 0. The maximum absolute atomic E-state index is 5.98. The molecule has 0 atom stereocenters. The minimum absolute atomic E-state index is 0.365. The van der Waals surface area contributed by atoms with Gasteiger partial charge in [-0.3, -0.25) is 0 Å². The van der Waals surface area contributed by atoms with E-state index in [1.165, 1.54) is 32.1 Å². The Kier molecular flexibility index (Phi) is 7.02. The standard InChI is InChI=1S/C14H23ClN2O/c1-4-5-6-7-8-9-10-18-14-13(15)16-11(2)12(3)17-14/h4-10H2,1-3H3. The molecule has 4 heteroatoms. The quantitative estimate of drug-likeness (QED) is 0.653. The molecule has 0 unspecified atom stereocenters. The highest BCUT2D eigenvalue weighted by Crippen LogP contribution is 2.21. The number of halogens is 1. The van der Waals surface area contributed by atoms with E-state index in [2.05, 4.69) is 16.9 Å². The first-order valence-corrected chi connectivity index (χ1v) is 7.16. The lowest BCUT2D eigenvalue weighted by Crippen LogP contribution is -2.03. The summed E-state index contributed by atoms with van der Waals surface area (Å²) in [5.41, 5.74) is 1.73. The van der Waals surface area contributed by atoms with Crippen molar-refractivity contribution in [3.05, 3.63) is 16.5 Å². The van der Waals surface area contributed by atoms with Crippen molar-refractivity contribution in [2.45, 2.75) is 59.3 Å². The molecular formula is C14H23ClN2O. The van der Waals surface area contributed by atoms with Crippen molar-refractivity contribution in [2.75, 3.05) is 6.61 Å². The Hall–Kier alpha value is -0.830. The topological polar surface area (TPSA) is 35.0 Å². The number of rotatable bonds is 8. The molecule has 1 aromatic heterocycles. The van der Waals surface area contributed by atoms with E-state index in [4.69, 9.17) is 16.3 Å². The van der Waals surface area contributed by atoms with Crippen LogP contribution in [0.1, 0.15) is 56.8 Å². The highest BCUT2D eigenvalue weighted by atomic mass is 35.5. The van der Waals surface area contributed by atoms with Gasteiger partial charge in [0.25, 0.3) is 5.88 Å². The van der Waals surface area contributed by atoms with E-state index < -0.39 is 0 Å². The van der Waals surface area contributed by atoms with Crippen molar-refractivity contribution in [2.24, 2.45) is 0 Å². The minimum Gasteiger partial charge on any atom is -0.475 e. The van der Waals surface area contributed by atoms with Crippen molar-refractivity contribution in [3.63, 3.8) is 0 Å². The van der Waals surface area contributed by atoms with Crippen molar-refractivity contribution in [1.29, 1.82) is 0 Å². The number of aromatic nitrogens is 2. The Bertz CT molecular complexity index is 369. The van der Waals surface area contributed by atoms with Gasteiger partial charge in [-0.15, -0.1) is 0 Å². The first-order chi connectivity index (χ1) is 8.65. The number of nitrogens with zero attached hydrogens (tertiary/aromatic N) is 2. The lowest BCUT2D eigenvalue weighted by Gasteiger charge is -2.08. The van der Waals surface area contributed by atoms with Gasteiger partial charge in [-0.05, 0) is 20.3 Å². The summed E-state index contributed by atoms with van der Waals surface area (Å²) in [6.07, 6.45) is 7.47. The van der Waals surface area contributed by atoms with Crippen molar-refractivity contribution in [1.82, 2.24) is 9.97 Å². The molecule has 1 heterocycles. The van der Waals surface area contributed by atoms with E-state index in [-0.39, 0.29) is 0 Å². The number of ether oxygens (including phenoxy) is 1. The molecule has 0 spiro atoms. The van der Waals surface area contributed by atoms with Crippen LogP contribution in [0.4, 0.5) is 0 Å². The molecule has 0 saturated heterocycles. The first-order valence-electron chi connectivity index (χ1n) is 6.78. The fourth-order valence-electron chi connectivity index (χ4n) is 1.70. The van der Waals surface area contributed by atoms with Gasteiger partial charge in [-0.25, -0.2) is 9.97 Å². The molecule has 0 aliphatic heterocycles. The van der Waals surface area contributed by atoms with Crippen molar-refractivity contribution < 1.29 is 4.74 Å². The normalized spacial score (nSPS) is 10.7. The fraction of sp³-hybridized carbons (Fsp3) is 0.714. The Morgan fingerprint density at radius 2 is 1.56 bits per heavy atom. The molecule has 0 radical (unpaired) electrons. The molecular weight excluding hydrogens is 248 g/mol. The molecule has 0 aromatic carbocycles. The van der Waals surface area contributed by atoms with Gasteiger partial charge in [-0.2, -0.15) is 0 Å². The van der Waals surface area contributed by atoms with Crippen LogP contribution in [0.15, 0.2) is 0 Å². The van der Waals surface area contributed by atoms with Crippen LogP contribution >= 0.6 is 11.6 Å². The zero-order valence-electron chi connectivity index (χ0n) is 11.6. The van der Waals surface area contributed by atoms with Crippen LogP contribution in [0, 0.1) is 13.8 Å². The minimum atomic E-state index is 0.365. The molecule has 0 amide bonds. The average molecular weight is 271 g/mol. The second kappa shape index (κ2) is 8.30. The molecule has 3 nitrogen and oxygen atoms in total. The average Bonchev–Trinajstić information content (AvgIpc) is 2.34. The van der Waals surface area contributed by atoms with E-state index in [9.17, 15) is 0 Å². The lowest BCUT2D eigenvalue weighted by atomic mass is 10.1. The number of hydrogen-bond acceptors (Lipinski definition) is 3. The van der Waals surface area contributed by atoms with Crippen LogP contribution in [-0.2, 0) is 0 Å². The van der Waals surface area contributed by atoms with Crippen LogP contribution in [-0.4, -0.2) is 16.6 Å². The highest BCUT2D eigenvalue weighted by Gasteiger charge is 2.07. The second-order valence-corrected chi connectivity index (χ2v) is 4.96. The summed E-state index contributed by atoms with van der Waals surface area (Å²) < 4.78 is 5.57. The Morgan fingerprint density at radius 3 is 2.28 bits per heavy atom. The largest absolute Gasteiger partial charge is 0.475 e. The van der Waals surface area contributed by atoms with Crippen molar-refractivity contribution in [3.8, 4) is 5.88 Å². The molecule has 0 N–H and O–H groups in total. The fourth-order valence-corrected chi connectivity index (χ4v) is 1.92. The molecule has 102 valence electrons. The molecule has 0 bridgehead atoms. The maximum Gasteiger partial charge on any atom is 0.252 e. The van der Waals surface area contributed by atoms with Crippen LogP contribution in [0.25, 0.3) is 0 Å². The summed E-state index contributed by atoms with van der Waals surface area (Å²) in [4.78, 5) is 8.49. The summed E-state index contributed by atoms with van der Waals surface area (Å²) in [6.45, 7) is 6.70. The lowest BCUT2D eigenvalue weighted by molar-refractivity contribution is 0.291. The van der Waals surface area contributed by atoms with Gasteiger partial charge in [0, 0.05) is 0 Å². The van der Waals surface area contributed by atoms with Gasteiger partial charge in [-0.1, -0.05) is 50.6 Å². The number of aryl methyl sites for hydroxylation is 2. The first kappa shape index (κ1) is 15.2. The zero-order chi connectivity index (χ0) is 13.4. The van der Waals surface area contributed by atoms with E-state index >= 15 is 0 Å². The number of unbranched alkanes of at least 4 members (excludes halogenated alkanes) is 5. The van der Waals surface area contributed by atoms with Gasteiger partial charge in [0.05, 0.1) is 18.0 Å². The monoisotopic (exact) mass is 270 g/mol. The Labute approximate surface area is 115 Å². The Morgan fingerprint density at radius 1 is 0.944 bits per heavy atom. The highest BCUT2D eigenvalue weighted by molar-refractivity contribution is 6.30. The Balaban J connectivity index is 2.25. The summed E-state index contributed by atoms with van der Waals surface area (Å²) >= 11 is 5.98. The van der Waals surface area contributed by atoms with Gasteiger partial charge in [0.15, 0.2) is 5.15 Å². The molecule has 0 aliphatic carbocycles. The van der Waals surface area contributed by atoms with Crippen LogP contribution in [0.2, 0.25) is 5.15 Å². The van der Waals surface area contributed by atoms with E-state index in [0.29, 0.717) is 17.6 Å². The molecule has 0 aliphatic rings. The summed E-state index contributed by atoms with van der Waals surface area (Å²) in [5, 5.41) is 0.365. The number of hydrogen-bond donors (Lipinski definition) is 0. The third-order valence-corrected chi connectivity index (χ3v) is 3.22. The SMILES string of the molecule is CCCCCCCCOc1nc(C)c(C)nc1Cl.